The molecule has 0 heterocycles. The Kier molecular flexibility index (Phi) is 9.24. The highest BCUT2D eigenvalue weighted by Crippen LogP contribution is 1.73. The zero-order valence-electron chi connectivity index (χ0n) is 8.21. The van der Waals surface area contributed by atoms with Gasteiger partial charge in [0.25, 0.3) is 0 Å². The lowest BCUT2D eigenvalue weighted by molar-refractivity contribution is -0.110. The molecular weight excluding hydrogens is 172 g/mol. The van der Waals surface area contributed by atoms with Crippen LogP contribution in [-0.2, 0) is 14.3 Å². The number of rotatable bonds is 9. The average molecular weight is 190 g/mol. The van der Waals surface area contributed by atoms with E-state index in [1.807, 2.05) is 0 Å². The number of aldehydes is 1. The van der Waals surface area contributed by atoms with Crippen molar-refractivity contribution in [3.63, 3.8) is 0 Å². The third-order valence-electron chi connectivity index (χ3n) is 1.48. The van der Waals surface area contributed by atoms with Crippen LogP contribution in [0.1, 0.15) is 0 Å². The van der Waals surface area contributed by atoms with E-state index in [0.29, 0.717) is 26.3 Å². The maximum Gasteiger partial charge on any atom is 0.151 e. The van der Waals surface area contributed by atoms with Gasteiger partial charge in [-0.2, -0.15) is 0 Å². The van der Waals surface area contributed by atoms with Gasteiger partial charge in [-0.15, -0.1) is 0 Å². The van der Waals surface area contributed by atoms with Crippen molar-refractivity contribution >= 4 is 6.29 Å². The molecule has 0 aliphatic rings. The van der Waals surface area contributed by atoms with Gasteiger partial charge < -0.3 is 14.3 Å². The summed E-state index contributed by atoms with van der Waals surface area (Å²) in [5.41, 5.74) is 0. The first-order valence-corrected chi connectivity index (χ1v) is 4.25. The SMILES string of the molecule is COCCNC(C=O)NCCOC. The number of methoxy groups -OCH3 is 2. The fourth-order valence-electron chi connectivity index (χ4n) is 0.801. The molecule has 0 radical (unpaired) electrons. The summed E-state index contributed by atoms with van der Waals surface area (Å²) < 4.78 is 9.66. The molecule has 78 valence electrons. The van der Waals surface area contributed by atoms with Crippen molar-refractivity contribution in [1.29, 1.82) is 0 Å². The molecule has 0 unspecified atom stereocenters. The largest absolute Gasteiger partial charge is 0.383 e. The van der Waals surface area contributed by atoms with Gasteiger partial charge in [0, 0.05) is 27.3 Å². The van der Waals surface area contributed by atoms with E-state index in [1.165, 1.54) is 0 Å². The Morgan fingerprint density at radius 3 is 1.92 bits per heavy atom. The van der Waals surface area contributed by atoms with E-state index < -0.39 is 0 Å². The van der Waals surface area contributed by atoms with Gasteiger partial charge >= 0.3 is 0 Å². The first kappa shape index (κ1) is 12.5. The molecule has 0 aromatic carbocycles. The van der Waals surface area contributed by atoms with Crippen LogP contribution in [0.4, 0.5) is 0 Å². The molecule has 0 spiro atoms. The monoisotopic (exact) mass is 190 g/mol. The molecule has 0 aromatic rings. The van der Waals surface area contributed by atoms with Crippen molar-refractivity contribution in [2.24, 2.45) is 0 Å². The van der Waals surface area contributed by atoms with E-state index in [4.69, 9.17) is 9.47 Å². The molecule has 5 nitrogen and oxygen atoms in total. The van der Waals surface area contributed by atoms with Crippen molar-refractivity contribution in [3.05, 3.63) is 0 Å². The molecular formula is C8H18N2O3. The topological polar surface area (TPSA) is 59.6 Å². The number of carbonyl (C=O) groups excluding carboxylic acids is 1. The van der Waals surface area contributed by atoms with Crippen LogP contribution in [0.2, 0.25) is 0 Å². The summed E-state index contributed by atoms with van der Waals surface area (Å²) in [6.07, 6.45) is 0.510. The molecule has 0 rings (SSSR count). The van der Waals surface area contributed by atoms with E-state index in [-0.39, 0.29) is 6.17 Å². The predicted octanol–water partition coefficient (Wildman–Crippen LogP) is -1.02. The van der Waals surface area contributed by atoms with Gasteiger partial charge in [-0.3, -0.25) is 10.6 Å². The summed E-state index contributed by atoms with van der Waals surface area (Å²) in [5, 5.41) is 5.94. The smallest absolute Gasteiger partial charge is 0.151 e. The molecule has 0 aromatic heterocycles. The van der Waals surface area contributed by atoms with Crippen LogP contribution in [-0.4, -0.2) is 53.0 Å². The Hall–Kier alpha value is -0.490. The van der Waals surface area contributed by atoms with Gasteiger partial charge in [0.1, 0.15) is 6.17 Å². The molecule has 5 heteroatoms. The molecule has 0 bridgehead atoms. The first-order valence-electron chi connectivity index (χ1n) is 4.25. The zero-order chi connectivity index (χ0) is 9.94. The highest BCUT2D eigenvalue weighted by Gasteiger charge is 2.02. The molecule has 13 heavy (non-hydrogen) atoms. The highest BCUT2D eigenvalue weighted by atomic mass is 16.5. The Bertz CT molecular complexity index is 112. The third kappa shape index (κ3) is 7.86. The molecule has 0 saturated carbocycles. The van der Waals surface area contributed by atoms with Crippen molar-refractivity contribution < 1.29 is 14.3 Å². The molecule has 0 fully saturated rings. The van der Waals surface area contributed by atoms with Crippen LogP contribution >= 0.6 is 0 Å². The van der Waals surface area contributed by atoms with Crippen LogP contribution in [0.25, 0.3) is 0 Å². The highest BCUT2D eigenvalue weighted by molar-refractivity contribution is 5.56. The molecule has 0 aliphatic carbocycles. The number of carbonyl (C=O) groups is 1. The lowest BCUT2D eigenvalue weighted by Gasteiger charge is -2.13. The fourth-order valence-corrected chi connectivity index (χ4v) is 0.801. The minimum absolute atomic E-state index is 0.315. The van der Waals surface area contributed by atoms with Crippen molar-refractivity contribution in [1.82, 2.24) is 10.6 Å². The molecule has 2 N–H and O–H groups in total. The lowest BCUT2D eigenvalue weighted by atomic mass is 10.5. The summed E-state index contributed by atoms with van der Waals surface area (Å²) in [4.78, 5) is 10.5. The van der Waals surface area contributed by atoms with Gasteiger partial charge in [0.2, 0.25) is 0 Å². The minimum atomic E-state index is -0.315. The van der Waals surface area contributed by atoms with Gasteiger partial charge in [0.15, 0.2) is 6.29 Å². The van der Waals surface area contributed by atoms with Crippen LogP contribution in [0.15, 0.2) is 0 Å². The minimum Gasteiger partial charge on any atom is -0.383 e. The molecule has 0 aliphatic heterocycles. The van der Waals surface area contributed by atoms with E-state index in [0.717, 1.165) is 6.29 Å². The summed E-state index contributed by atoms with van der Waals surface area (Å²) in [7, 11) is 3.24. The van der Waals surface area contributed by atoms with Crippen molar-refractivity contribution in [3.8, 4) is 0 Å². The van der Waals surface area contributed by atoms with Gasteiger partial charge in [-0.1, -0.05) is 0 Å². The Morgan fingerprint density at radius 2 is 1.62 bits per heavy atom. The van der Waals surface area contributed by atoms with Crippen LogP contribution < -0.4 is 10.6 Å². The van der Waals surface area contributed by atoms with Gasteiger partial charge in [0.05, 0.1) is 13.2 Å². The van der Waals surface area contributed by atoms with Crippen molar-refractivity contribution in [2.45, 2.75) is 6.17 Å². The van der Waals surface area contributed by atoms with Crippen molar-refractivity contribution in [2.75, 3.05) is 40.5 Å². The van der Waals surface area contributed by atoms with E-state index >= 15 is 0 Å². The molecule has 0 atom stereocenters. The number of hydrogen-bond donors (Lipinski definition) is 2. The van der Waals surface area contributed by atoms with Gasteiger partial charge in [-0.25, -0.2) is 0 Å². The normalized spacial score (nSPS) is 10.7. The van der Waals surface area contributed by atoms with E-state index in [9.17, 15) is 4.79 Å². The number of nitrogens with one attached hydrogen (secondary N) is 2. The maximum atomic E-state index is 10.5. The summed E-state index contributed by atoms with van der Waals surface area (Å²) in [6, 6.07) is 0. The first-order chi connectivity index (χ1) is 6.35. The van der Waals surface area contributed by atoms with Crippen LogP contribution in [0.3, 0.4) is 0 Å². The Balaban J connectivity index is 3.34. The molecule has 0 saturated heterocycles. The number of hydrogen-bond acceptors (Lipinski definition) is 5. The lowest BCUT2D eigenvalue weighted by Crippen LogP contribution is -2.45. The van der Waals surface area contributed by atoms with Crippen LogP contribution in [0, 0.1) is 0 Å². The average Bonchev–Trinajstić information content (AvgIpc) is 2.16. The van der Waals surface area contributed by atoms with Gasteiger partial charge in [-0.05, 0) is 0 Å². The zero-order valence-corrected chi connectivity index (χ0v) is 8.21. The van der Waals surface area contributed by atoms with E-state index in [2.05, 4.69) is 10.6 Å². The summed E-state index contributed by atoms with van der Waals surface area (Å²) >= 11 is 0. The summed E-state index contributed by atoms with van der Waals surface area (Å²) in [5.74, 6) is 0. The van der Waals surface area contributed by atoms with E-state index in [1.54, 1.807) is 14.2 Å². The maximum absolute atomic E-state index is 10.5. The van der Waals surface area contributed by atoms with Crippen LogP contribution in [0.5, 0.6) is 0 Å². The summed E-state index contributed by atoms with van der Waals surface area (Å²) in [6.45, 7) is 2.49. The Labute approximate surface area is 78.8 Å². The standard InChI is InChI=1S/C8H18N2O3/c1-12-5-3-9-8(7-11)10-4-6-13-2/h7-10H,3-6H2,1-2H3. The predicted molar refractivity (Wildman–Crippen MR) is 49.6 cm³/mol. The second-order valence-electron chi connectivity index (χ2n) is 2.51. The fraction of sp³-hybridized carbons (Fsp3) is 0.875. The molecule has 0 amide bonds. The Morgan fingerprint density at radius 1 is 1.15 bits per heavy atom. The number of ether oxygens (including phenoxy) is 2. The second kappa shape index (κ2) is 9.60. The quantitative estimate of drug-likeness (QED) is 0.277. The second-order valence-corrected chi connectivity index (χ2v) is 2.51. The third-order valence-corrected chi connectivity index (χ3v) is 1.48.